The van der Waals surface area contributed by atoms with Crippen LogP contribution in [0.2, 0.25) is 0 Å². The highest BCUT2D eigenvalue weighted by Crippen LogP contribution is 2.42. The van der Waals surface area contributed by atoms with Crippen molar-refractivity contribution in [1.29, 1.82) is 0 Å². The Morgan fingerprint density at radius 3 is 1.18 bits per heavy atom. The molecule has 2 fully saturated rings. The van der Waals surface area contributed by atoms with Gasteiger partial charge in [0.2, 0.25) is 23.6 Å². The van der Waals surface area contributed by atoms with Crippen LogP contribution in [0, 0.1) is 10.8 Å². The van der Waals surface area contributed by atoms with Gasteiger partial charge in [-0.3, -0.25) is 29.8 Å². The highest BCUT2D eigenvalue weighted by atomic mass is 79.9. The Labute approximate surface area is 216 Å². The quantitative estimate of drug-likeness (QED) is 0.477. The zero-order valence-electron chi connectivity index (χ0n) is 19.6. The molecule has 0 spiro atoms. The number of imide groups is 2. The molecule has 2 heterocycles. The molecular weight excluding hydrogens is 564 g/mol. The summed E-state index contributed by atoms with van der Waals surface area (Å²) in [6, 6.07) is 15.7. The van der Waals surface area contributed by atoms with Gasteiger partial charge in [-0.1, -0.05) is 70.0 Å². The van der Waals surface area contributed by atoms with Crippen LogP contribution in [0.4, 0.5) is 0 Å². The van der Waals surface area contributed by atoms with Crippen molar-refractivity contribution in [2.75, 3.05) is 0 Å². The van der Waals surface area contributed by atoms with Crippen LogP contribution < -0.4 is 10.6 Å². The first-order valence-electron chi connectivity index (χ1n) is 11.1. The van der Waals surface area contributed by atoms with Crippen LogP contribution in [-0.4, -0.2) is 23.6 Å². The van der Waals surface area contributed by atoms with Crippen molar-refractivity contribution < 1.29 is 19.2 Å². The van der Waals surface area contributed by atoms with Gasteiger partial charge in [0.1, 0.15) is 0 Å². The highest BCUT2D eigenvalue weighted by molar-refractivity contribution is 9.10. The van der Waals surface area contributed by atoms with E-state index in [2.05, 4.69) is 42.5 Å². The summed E-state index contributed by atoms with van der Waals surface area (Å²) in [7, 11) is 0. The maximum Gasteiger partial charge on any atom is 0.233 e. The molecule has 4 amide bonds. The smallest absolute Gasteiger partial charge is 0.233 e. The fourth-order valence-electron chi connectivity index (χ4n) is 4.39. The van der Waals surface area contributed by atoms with Gasteiger partial charge in [-0.15, -0.1) is 0 Å². The van der Waals surface area contributed by atoms with Crippen LogP contribution in [0.1, 0.15) is 63.5 Å². The van der Waals surface area contributed by atoms with Crippen molar-refractivity contribution in [3.8, 4) is 0 Å². The number of carbonyl (C=O) groups is 4. The van der Waals surface area contributed by atoms with Gasteiger partial charge in [-0.05, 0) is 61.1 Å². The average molecular weight is 592 g/mol. The van der Waals surface area contributed by atoms with Gasteiger partial charge in [-0.25, -0.2) is 0 Å². The van der Waals surface area contributed by atoms with Gasteiger partial charge in [0.25, 0.3) is 0 Å². The van der Waals surface area contributed by atoms with Gasteiger partial charge in [0.05, 0.1) is 10.8 Å². The summed E-state index contributed by atoms with van der Waals surface area (Å²) < 4.78 is 2.01. The summed E-state index contributed by atoms with van der Waals surface area (Å²) in [5.41, 5.74) is 0.872. The molecule has 2 aliphatic rings. The second-order valence-electron chi connectivity index (χ2n) is 9.49. The first-order valence-corrected chi connectivity index (χ1v) is 12.6. The fraction of sp³-hybridized carbons (Fsp3) is 0.385. The largest absolute Gasteiger partial charge is 0.296 e. The molecule has 0 bridgehead atoms. The first kappa shape index (κ1) is 26.3. The number of benzene rings is 2. The highest BCUT2D eigenvalue weighted by Gasteiger charge is 2.47. The van der Waals surface area contributed by atoms with E-state index in [4.69, 9.17) is 0 Å². The molecule has 4 atom stereocenters. The Morgan fingerprint density at radius 1 is 0.647 bits per heavy atom. The average Bonchev–Trinajstić information content (AvgIpc) is 3.21. The van der Waals surface area contributed by atoms with E-state index in [1.54, 1.807) is 0 Å². The zero-order valence-corrected chi connectivity index (χ0v) is 22.7. The molecule has 0 unspecified atom stereocenters. The van der Waals surface area contributed by atoms with Crippen molar-refractivity contribution in [2.24, 2.45) is 10.8 Å². The van der Waals surface area contributed by atoms with E-state index < -0.39 is 10.8 Å². The number of nitrogens with one attached hydrogen (secondary N) is 2. The maximum atomic E-state index is 11.8. The van der Waals surface area contributed by atoms with Crippen LogP contribution in [-0.2, 0) is 19.2 Å². The second-order valence-corrected chi connectivity index (χ2v) is 11.3. The minimum Gasteiger partial charge on any atom is -0.296 e. The number of rotatable bonds is 4. The third kappa shape index (κ3) is 5.33. The zero-order chi connectivity index (χ0) is 25.3. The molecular formula is C26H28Br2N2O4. The van der Waals surface area contributed by atoms with Gasteiger partial charge in [0, 0.05) is 21.8 Å². The van der Waals surface area contributed by atoms with Crippen LogP contribution in [0.25, 0.3) is 0 Å². The first-order chi connectivity index (χ1) is 15.9. The molecule has 34 heavy (non-hydrogen) atoms. The number of halogens is 2. The maximum absolute atomic E-state index is 11.8. The minimum absolute atomic E-state index is 0.0158. The third-order valence-corrected chi connectivity index (χ3v) is 8.31. The standard InChI is InChI=1S/2C13H14BrNO2/c2*1-8(9-3-5-10(14)6-4-9)13(2)7-11(16)15-12(13)17/h2*3-6,8H,7H2,1-2H3,(H,15,16,17)/t8-,13+;8-,13-/m11/s1. The molecule has 2 N–H and O–H groups in total. The van der Waals surface area contributed by atoms with E-state index in [9.17, 15) is 19.2 Å². The Morgan fingerprint density at radius 2 is 0.941 bits per heavy atom. The lowest BCUT2D eigenvalue weighted by Gasteiger charge is -2.28. The van der Waals surface area contributed by atoms with E-state index >= 15 is 0 Å². The van der Waals surface area contributed by atoms with Gasteiger partial charge >= 0.3 is 0 Å². The van der Waals surface area contributed by atoms with Crippen molar-refractivity contribution in [1.82, 2.24) is 10.6 Å². The van der Waals surface area contributed by atoms with E-state index in [1.165, 1.54) is 0 Å². The van der Waals surface area contributed by atoms with Gasteiger partial charge in [0.15, 0.2) is 0 Å². The lowest BCUT2D eigenvalue weighted by molar-refractivity contribution is -0.130. The van der Waals surface area contributed by atoms with Crippen molar-refractivity contribution in [2.45, 2.75) is 52.4 Å². The lowest BCUT2D eigenvalue weighted by Crippen LogP contribution is -2.33. The Kier molecular flexibility index (Phi) is 7.82. The molecule has 2 saturated heterocycles. The van der Waals surface area contributed by atoms with Crippen LogP contribution in [0.15, 0.2) is 57.5 Å². The molecule has 180 valence electrons. The normalized spacial score (nSPS) is 25.8. The van der Waals surface area contributed by atoms with Crippen molar-refractivity contribution >= 4 is 55.5 Å². The molecule has 2 aliphatic heterocycles. The molecule has 6 nitrogen and oxygen atoms in total. The second kappa shape index (κ2) is 10.1. The third-order valence-electron chi connectivity index (χ3n) is 7.25. The van der Waals surface area contributed by atoms with Gasteiger partial charge < -0.3 is 0 Å². The van der Waals surface area contributed by atoms with Crippen molar-refractivity contribution in [3.05, 3.63) is 68.6 Å². The van der Waals surface area contributed by atoms with Crippen molar-refractivity contribution in [3.63, 3.8) is 0 Å². The van der Waals surface area contributed by atoms with E-state index in [-0.39, 0.29) is 48.3 Å². The fourth-order valence-corrected chi connectivity index (χ4v) is 4.92. The lowest BCUT2D eigenvalue weighted by atomic mass is 9.73. The van der Waals surface area contributed by atoms with Crippen LogP contribution in [0.5, 0.6) is 0 Å². The predicted molar refractivity (Wildman–Crippen MR) is 137 cm³/mol. The molecule has 0 aliphatic carbocycles. The summed E-state index contributed by atoms with van der Waals surface area (Å²) in [5, 5.41) is 4.76. The van der Waals surface area contributed by atoms with Crippen LogP contribution >= 0.6 is 31.9 Å². The monoisotopic (exact) mass is 590 g/mol. The Bertz CT molecular complexity index is 1030. The number of amides is 4. The molecule has 2 aromatic carbocycles. The molecule has 0 radical (unpaired) electrons. The minimum atomic E-state index is -0.634. The SMILES string of the molecule is C[C@H](c1ccc(Br)cc1)[C@@]1(C)CC(=O)NC1=O.C[C@H](c1ccc(Br)cc1)[C@]1(C)CC(=O)NC1=O. The summed E-state index contributed by atoms with van der Waals surface area (Å²) in [4.78, 5) is 46.3. The molecule has 0 saturated carbocycles. The van der Waals surface area contributed by atoms with Crippen LogP contribution in [0.3, 0.4) is 0 Å². The number of hydrogen-bond donors (Lipinski definition) is 2. The molecule has 8 heteroatoms. The molecule has 4 rings (SSSR count). The Balaban J connectivity index is 0.000000191. The topological polar surface area (TPSA) is 92.3 Å². The summed E-state index contributed by atoms with van der Waals surface area (Å²) in [6.07, 6.45) is 0.534. The molecule has 2 aromatic rings. The summed E-state index contributed by atoms with van der Waals surface area (Å²) in [5.74, 6) is -0.664. The predicted octanol–water partition coefficient (Wildman–Crippen LogP) is 5.21. The van der Waals surface area contributed by atoms with E-state index in [0.29, 0.717) is 0 Å². The van der Waals surface area contributed by atoms with Gasteiger partial charge in [-0.2, -0.15) is 0 Å². The summed E-state index contributed by atoms with van der Waals surface area (Å²) >= 11 is 6.76. The number of carbonyl (C=O) groups excluding carboxylic acids is 4. The molecule has 0 aromatic heterocycles. The number of hydrogen-bond acceptors (Lipinski definition) is 4. The van der Waals surface area contributed by atoms with E-state index in [0.717, 1.165) is 20.1 Å². The Hall–Kier alpha value is -2.32. The van der Waals surface area contributed by atoms with E-state index in [1.807, 2.05) is 76.2 Å². The summed E-state index contributed by atoms with van der Waals surface area (Å²) in [6.45, 7) is 7.67.